The predicted octanol–water partition coefficient (Wildman–Crippen LogP) is 8.58. The lowest BCUT2D eigenvalue weighted by Gasteiger charge is -2.82. The Bertz CT molecular complexity index is 551. The molecular formula is C10Cl15. The lowest BCUT2D eigenvalue weighted by molar-refractivity contribution is 0.0836. The Kier molecular flexibility index (Phi) is 5.41. The van der Waals surface area contributed by atoms with Crippen LogP contribution in [0.15, 0.2) is 0 Å². The van der Waals surface area contributed by atoms with Crippen LogP contribution in [0.5, 0.6) is 0 Å². The van der Waals surface area contributed by atoms with Crippen LogP contribution in [0.4, 0.5) is 0 Å². The van der Waals surface area contributed by atoms with E-state index in [0.29, 0.717) is 0 Å². The van der Waals surface area contributed by atoms with Gasteiger partial charge in [0.1, 0.15) is 14.6 Å². The molecule has 0 unspecified atom stereocenters. The van der Waals surface area contributed by atoms with Crippen molar-refractivity contribution in [3.8, 4) is 0 Å². The Morgan fingerprint density at radius 2 is 0.480 bits per heavy atom. The van der Waals surface area contributed by atoms with Crippen molar-refractivity contribution in [2.75, 3.05) is 0 Å². The van der Waals surface area contributed by atoms with Gasteiger partial charge in [-0.2, -0.15) is 0 Å². The smallest absolute Gasteiger partial charge is 0.109 e. The lowest BCUT2D eigenvalue weighted by atomic mass is 9.51. The molecule has 4 fully saturated rings. The maximum absolute atomic E-state index is 6.63. The average molecular weight is 652 g/mol. The average Bonchev–Trinajstić information content (AvgIpc) is 2.38. The molecule has 4 bridgehead atoms. The number of rotatable bonds is 0. The van der Waals surface area contributed by atoms with Crippen molar-refractivity contribution in [2.24, 2.45) is 0 Å². The lowest BCUT2D eigenvalue weighted by Crippen LogP contribution is -3.01. The summed E-state index contributed by atoms with van der Waals surface area (Å²) in [6, 6.07) is 0. The zero-order valence-corrected chi connectivity index (χ0v) is 22.0. The van der Waals surface area contributed by atoms with Crippen LogP contribution in [-0.2, 0) is 0 Å². The van der Waals surface area contributed by atoms with E-state index in [0.717, 1.165) is 0 Å². The Hall–Kier alpha value is 4.35. The Balaban J connectivity index is 2.64. The Morgan fingerprint density at radius 1 is 0.320 bits per heavy atom. The summed E-state index contributed by atoms with van der Waals surface area (Å²) in [5.41, 5.74) is 0. The van der Waals surface area contributed by atoms with E-state index in [1.54, 1.807) is 0 Å². The van der Waals surface area contributed by atoms with Gasteiger partial charge in [-0.1, -0.05) is 139 Å². The van der Waals surface area contributed by atoms with Gasteiger partial charge in [0, 0.05) is 0 Å². The van der Waals surface area contributed by atoms with E-state index in [9.17, 15) is 0 Å². The molecule has 0 N–H and O–H groups in total. The van der Waals surface area contributed by atoms with Crippen LogP contribution < -0.4 is 0 Å². The second-order valence-corrected chi connectivity index (χ2v) is 15.5. The molecule has 4 rings (SSSR count). The predicted molar refractivity (Wildman–Crippen MR) is 116 cm³/mol. The fourth-order valence-corrected chi connectivity index (χ4v) is 14.0. The second kappa shape index (κ2) is 5.63. The maximum atomic E-state index is 6.63. The summed E-state index contributed by atoms with van der Waals surface area (Å²) in [4.78, 5) is -7.39. The third-order valence-electron chi connectivity index (χ3n) is 4.84. The minimum atomic E-state index is -2.55. The van der Waals surface area contributed by atoms with Gasteiger partial charge < -0.3 is 0 Å². The first kappa shape index (κ1) is 24.0. The largest absolute Gasteiger partial charge is 0.168 e. The zero-order chi connectivity index (χ0) is 20.1. The molecule has 15 heteroatoms. The van der Waals surface area contributed by atoms with Crippen LogP contribution in [0.25, 0.3) is 0 Å². The minimum absolute atomic E-state index is 0.478. The summed E-state index contributed by atoms with van der Waals surface area (Å²) in [7, 11) is 0. The van der Waals surface area contributed by atoms with Crippen molar-refractivity contribution >= 4 is 174 Å². The van der Waals surface area contributed by atoms with Gasteiger partial charge in [0.05, 0.1) is 5.92 Å². The van der Waals surface area contributed by atoms with Gasteiger partial charge in [-0.25, -0.2) is 0 Å². The molecule has 4 aliphatic rings. The molecule has 0 aromatic heterocycles. The third-order valence-corrected chi connectivity index (χ3v) is 15.4. The number of hydrogen-bond acceptors (Lipinski definition) is 0. The van der Waals surface area contributed by atoms with Crippen molar-refractivity contribution in [3.63, 3.8) is 0 Å². The van der Waals surface area contributed by atoms with Gasteiger partial charge in [-0.05, 0) is 0 Å². The molecular weight excluding hydrogens is 652 g/mol. The topological polar surface area (TPSA) is 0 Å². The first-order chi connectivity index (χ1) is 10.6. The van der Waals surface area contributed by atoms with Crippen LogP contribution in [0.1, 0.15) is 0 Å². The fourth-order valence-electron chi connectivity index (χ4n) is 3.59. The Morgan fingerprint density at radius 3 is 0.640 bits per heavy atom. The SMILES string of the molecule is ClC1(Cl)[C]2C(Cl)(Cl)C3(Cl)C(Cl)(Cl)C1(Cl)C(Cl)(Cl)C(Cl)(C2(Cl)Cl)C3(Cl)Cl. The number of hydrogen-bond donors (Lipinski definition) is 0. The molecule has 25 heavy (non-hydrogen) atoms. The van der Waals surface area contributed by atoms with Crippen molar-refractivity contribution in [3.05, 3.63) is 5.92 Å². The highest BCUT2D eigenvalue weighted by Gasteiger charge is 3.06. The molecule has 0 saturated heterocycles. The summed E-state index contributed by atoms with van der Waals surface area (Å²) in [6.45, 7) is 0. The first-order valence-electron chi connectivity index (χ1n) is 5.83. The summed E-state index contributed by atoms with van der Waals surface area (Å²) in [5.74, 6) is -0.478. The number of alkyl halides is 15. The number of halogens is 15. The van der Waals surface area contributed by atoms with E-state index in [-0.39, 0.29) is 0 Å². The first-order valence-corrected chi connectivity index (χ1v) is 11.5. The van der Waals surface area contributed by atoms with Gasteiger partial charge in [-0.15, -0.1) is 34.8 Å². The highest BCUT2D eigenvalue weighted by Crippen LogP contribution is 2.93. The molecule has 1 radical (unpaired) electrons. The van der Waals surface area contributed by atoms with Gasteiger partial charge in [0.2, 0.25) is 0 Å². The van der Waals surface area contributed by atoms with Gasteiger partial charge in [0.25, 0.3) is 0 Å². The molecule has 0 aliphatic heterocycles. The molecule has 4 saturated carbocycles. The summed E-state index contributed by atoms with van der Waals surface area (Å²) in [5, 5.41) is 0. The molecule has 4 aliphatic carbocycles. The standard InChI is InChI=1S/C10Cl15/c11-2(12)1-3(13,14)6(18)8(20,21)5(2,17)9(22,23)7(19,4(1,15)16)10(6,24)25. The fraction of sp³-hybridized carbons (Fsp3) is 0.900. The highest BCUT2D eigenvalue weighted by molar-refractivity contribution is 6.81. The molecule has 0 spiro atoms. The monoisotopic (exact) mass is 645 g/mol. The second-order valence-electron chi connectivity index (χ2n) is 5.80. The maximum Gasteiger partial charge on any atom is 0.168 e. The molecule has 0 heterocycles. The van der Waals surface area contributed by atoms with Crippen molar-refractivity contribution in [1.29, 1.82) is 0 Å². The van der Waals surface area contributed by atoms with Crippen LogP contribution in [-0.4, -0.2) is 40.6 Å². The van der Waals surface area contributed by atoms with Gasteiger partial charge >= 0.3 is 0 Å². The van der Waals surface area contributed by atoms with E-state index in [2.05, 4.69) is 0 Å². The molecule has 145 valence electrons. The molecule has 0 aromatic carbocycles. The Labute approximate surface area is 218 Å². The summed E-state index contributed by atoms with van der Waals surface area (Å²) >= 11 is 97.4. The van der Waals surface area contributed by atoms with Crippen molar-refractivity contribution in [1.82, 2.24) is 0 Å². The van der Waals surface area contributed by atoms with Gasteiger partial charge in [-0.3, -0.25) is 0 Å². The van der Waals surface area contributed by atoms with Crippen LogP contribution >= 0.6 is 174 Å². The van der Waals surface area contributed by atoms with E-state index in [4.69, 9.17) is 174 Å². The van der Waals surface area contributed by atoms with E-state index < -0.39 is 46.5 Å². The quantitative estimate of drug-likeness (QED) is 0.230. The van der Waals surface area contributed by atoms with E-state index >= 15 is 0 Å². The van der Waals surface area contributed by atoms with Gasteiger partial charge in [0.15, 0.2) is 26.0 Å². The van der Waals surface area contributed by atoms with E-state index in [1.165, 1.54) is 0 Å². The molecule has 0 atom stereocenters. The summed E-state index contributed by atoms with van der Waals surface area (Å²) < 4.78 is -14.9. The van der Waals surface area contributed by atoms with E-state index in [1.807, 2.05) is 0 Å². The molecule has 0 nitrogen and oxygen atoms in total. The normalized spacial score (nSPS) is 50.0. The van der Waals surface area contributed by atoms with Crippen LogP contribution in [0, 0.1) is 5.92 Å². The minimum Gasteiger partial charge on any atom is -0.109 e. The van der Waals surface area contributed by atoms with Crippen LogP contribution in [0.2, 0.25) is 0 Å². The third kappa shape index (κ3) is 1.84. The highest BCUT2D eigenvalue weighted by atomic mass is 35.6. The summed E-state index contributed by atoms with van der Waals surface area (Å²) in [6.07, 6.45) is 0. The van der Waals surface area contributed by atoms with Crippen molar-refractivity contribution < 1.29 is 0 Å². The van der Waals surface area contributed by atoms with Crippen LogP contribution in [0.3, 0.4) is 0 Å². The van der Waals surface area contributed by atoms with Crippen molar-refractivity contribution in [2.45, 2.75) is 40.6 Å². The zero-order valence-electron chi connectivity index (χ0n) is 10.7. The molecule has 0 amide bonds. The molecule has 0 aromatic rings.